The fraction of sp³-hybridized carbons (Fsp3) is 1.00. The summed E-state index contributed by atoms with van der Waals surface area (Å²) in [5.74, 6) is 0. The predicted octanol–water partition coefficient (Wildman–Crippen LogP) is 0.0629. The van der Waals surface area contributed by atoms with E-state index >= 15 is 0 Å². The Kier molecular flexibility index (Phi) is 17.5. The van der Waals surface area contributed by atoms with Gasteiger partial charge < -0.3 is 9.59 Å². The molecule has 0 aliphatic heterocycles. The van der Waals surface area contributed by atoms with Gasteiger partial charge >= 0.3 is 8.56 Å². The van der Waals surface area contributed by atoms with Crippen LogP contribution in [0.5, 0.6) is 0 Å². The maximum absolute atomic E-state index is 8.52. The quantitative estimate of drug-likeness (QED) is 0.446. The van der Waals surface area contributed by atoms with Crippen LogP contribution in [0.4, 0.5) is 0 Å². The van der Waals surface area contributed by atoms with Crippen molar-refractivity contribution >= 4 is 8.56 Å². The average Bonchev–Trinajstić information content (AvgIpc) is 1.35. The Balaban J connectivity index is -0.000000125. The Bertz CT molecular complexity index is 45.0. The van der Waals surface area contributed by atoms with E-state index in [0.717, 1.165) is 0 Å². The molecule has 0 aliphatic carbocycles. The smallest absolute Gasteiger partial charge is 0.329 e. The van der Waals surface area contributed by atoms with Crippen LogP contribution in [0.25, 0.3) is 0 Å². The molecule has 44 valence electrons. The van der Waals surface area contributed by atoms with Crippen LogP contribution in [0.2, 0.25) is 12.6 Å². The molecule has 0 aromatic carbocycles. The Morgan fingerprint density at radius 3 is 1.38 bits per heavy atom. The Morgan fingerprint density at radius 1 is 1.25 bits per heavy atom. The summed E-state index contributed by atoms with van der Waals surface area (Å²) in [5.41, 5.74) is 0. The summed E-state index contributed by atoms with van der Waals surface area (Å²) in [6.45, 7) is 3.26. The standard InChI is InChI=1S/C3H10O2Si.2Ac/c1-3-6(2,4)5;;/h4-5H,3H2,1-2H3;;. The van der Waals surface area contributed by atoms with Gasteiger partial charge in [0.05, 0.1) is 0 Å². The summed E-state index contributed by atoms with van der Waals surface area (Å²) >= 11 is 0. The molecule has 0 unspecified atom stereocenters. The fourth-order valence-electron chi connectivity index (χ4n) is 0. The largest absolute Gasteiger partial charge is 0.411 e. The van der Waals surface area contributed by atoms with Crippen molar-refractivity contribution < 1.29 is 97.7 Å². The second-order valence-corrected chi connectivity index (χ2v) is 4.71. The SMILES string of the molecule is CC[Si](C)(O)O.[Ac].[Ac]. The molecule has 8 heavy (non-hydrogen) atoms. The molecule has 0 bridgehead atoms. The van der Waals surface area contributed by atoms with Crippen LogP contribution < -0.4 is 0 Å². The van der Waals surface area contributed by atoms with E-state index in [1.165, 1.54) is 6.55 Å². The van der Waals surface area contributed by atoms with E-state index in [9.17, 15) is 0 Å². The molecule has 0 amide bonds. The van der Waals surface area contributed by atoms with E-state index in [1.54, 1.807) is 6.92 Å². The molecule has 0 aliphatic rings. The molecule has 2 nitrogen and oxygen atoms in total. The van der Waals surface area contributed by atoms with Gasteiger partial charge in [-0.2, -0.15) is 0 Å². The fourth-order valence-corrected chi connectivity index (χ4v) is 0. The van der Waals surface area contributed by atoms with Crippen molar-refractivity contribution in [1.29, 1.82) is 0 Å². The molecule has 0 fully saturated rings. The molecule has 0 spiro atoms. The second-order valence-electron chi connectivity index (χ2n) is 1.57. The summed E-state index contributed by atoms with van der Waals surface area (Å²) in [6, 6.07) is 0.521. The van der Waals surface area contributed by atoms with Crippen LogP contribution >= 0.6 is 0 Å². The summed E-state index contributed by atoms with van der Waals surface area (Å²) in [7, 11) is -2.63. The van der Waals surface area contributed by atoms with Crippen LogP contribution in [0, 0.1) is 88.1 Å². The van der Waals surface area contributed by atoms with Crippen molar-refractivity contribution in [2.45, 2.75) is 19.5 Å². The maximum atomic E-state index is 8.52. The van der Waals surface area contributed by atoms with Crippen LogP contribution in [0.3, 0.4) is 0 Å². The third-order valence-electron chi connectivity index (χ3n) is 0.670. The molecule has 5 heteroatoms. The van der Waals surface area contributed by atoms with Crippen molar-refractivity contribution in [3.05, 3.63) is 0 Å². The van der Waals surface area contributed by atoms with Gasteiger partial charge in [0.15, 0.2) is 0 Å². The third kappa shape index (κ3) is 16.0. The van der Waals surface area contributed by atoms with Gasteiger partial charge in [0.25, 0.3) is 0 Å². The van der Waals surface area contributed by atoms with Crippen molar-refractivity contribution in [1.82, 2.24) is 0 Å². The van der Waals surface area contributed by atoms with Gasteiger partial charge in [-0.25, -0.2) is 0 Å². The van der Waals surface area contributed by atoms with Gasteiger partial charge in [-0.15, -0.1) is 0 Å². The van der Waals surface area contributed by atoms with Gasteiger partial charge in [-0.05, 0) is 12.6 Å². The molecule has 0 aromatic heterocycles. The maximum Gasteiger partial charge on any atom is 0.329 e. The topological polar surface area (TPSA) is 40.5 Å². The van der Waals surface area contributed by atoms with E-state index in [0.29, 0.717) is 6.04 Å². The van der Waals surface area contributed by atoms with Gasteiger partial charge in [0, 0.05) is 88.1 Å². The molecule has 0 heterocycles. The summed E-state index contributed by atoms with van der Waals surface area (Å²) in [4.78, 5) is 17.0. The minimum absolute atomic E-state index is 0. The zero-order valence-electron chi connectivity index (χ0n) is 5.26. The van der Waals surface area contributed by atoms with Gasteiger partial charge in [-0.3, -0.25) is 0 Å². The first-order valence-corrected chi connectivity index (χ1v) is 4.61. The molecule has 0 atom stereocenters. The second kappa shape index (κ2) is 8.12. The molecular formula is C3H10Ac2O2Si. The van der Waals surface area contributed by atoms with Crippen molar-refractivity contribution in [3.8, 4) is 0 Å². The van der Waals surface area contributed by atoms with E-state index in [-0.39, 0.29) is 88.1 Å². The first kappa shape index (κ1) is 17.2. The van der Waals surface area contributed by atoms with Crippen LogP contribution in [-0.4, -0.2) is 18.2 Å². The van der Waals surface area contributed by atoms with Crippen LogP contribution in [-0.2, 0) is 0 Å². The van der Waals surface area contributed by atoms with E-state index < -0.39 is 8.56 Å². The van der Waals surface area contributed by atoms with Crippen LogP contribution in [0.1, 0.15) is 6.92 Å². The molecule has 0 saturated carbocycles. The van der Waals surface area contributed by atoms with E-state index in [1.807, 2.05) is 0 Å². The third-order valence-corrected chi connectivity index (χ3v) is 2.01. The first-order chi connectivity index (χ1) is 2.56. The molecule has 2 radical (unpaired) electrons. The average molecular weight is 560 g/mol. The summed E-state index contributed by atoms with van der Waals surface area (Å²) < 4.78 is 0. The Labute approximate surface area is 123 Å². The monoisotopic (exact) mass is 560 g/mol. The first-order valence-electron chi connectivity index (χ1n) is 2.01. The van der Waals surface area contributed by atoms with Gasteiger partial charge in [0.2, 0.25) is 0 Å². The molecule has 0 saturated heterocycles. The van der Waals surface area contributed by atoms with Crippen molar-refractivity contribution in [2.24, 2.45) is 0 Å². The van der Waals surface area contributed by atoms with Gasteiger partial charge in [0.1, 0.15) is 0 Å². The minimum Gasteiger partial charge on any atom is -0.411 e. The Morgan fingerprint density at radius 2 is 1.38 bits per heavy atom. The van der Waals surface area contributed by atoms with E-state index in [2.05, 4.69) is 0 Å². The Hall–Kier alpha value is 3.02. The van der Waals surface area contributed by atoms with Crippen molar-refractivity contribution in [2.75, 3.05) is 0 Å². The zero-order valence-corrected chi connectivity index (χ0v) is 15.7. The van der Waals surface area contributed by atoms with E-state index in [4.69, 9.17) is 9.59 Å². The minimum atomic E-state index is -2.63. The number of rotatable bonds is 1. The molecule has 0 aromatic rings. The predicted molar refractivity (Wildman–Crippen MR) is 26.5 cm³/mol. The number of hydrogen-bond acceptors (Lipinski definition) is 2. The number of hydrogen-bond donors (Lipinski definition) is 2. The van der Waals surface area contributed by atoms with Gasteiger partial charge in [-0.1, -0.05) is 6.92 Å². The zero-order chi connectivity index (χ0) is 5.21. The molecule has 2 N–H and O–H groups in total. The summed E-state index contributed by atoms with van der Waals surface area (Å²) in [6.07, 6.45) is 0. The molecule has 0 rings (SSSR count). The van der Waals surface area contributed by atoms with Crippen molar-refractivity contribution in [3.63, 3.8) is 0 Å². The molecular weight excluding hydrogens is 550 g/mol. The van der Waals surface area contributed by atoms with Crippen LogP contribution in [0.15, 0.2) is 0 Å². The normalized spacial score (nSPS) is 9.00. The summed E-state index contributed by atoms with van der Waals surface area (Å²) in [5, 5.41) is 0.